The van der Waals surface area contributed by atoms with Crippen molar-refractivity contribution in [3.8, 4) is 0 Å². The first-order valence-electron chi connectivity index (χ1n) is 4.95. The number of hydrogen-bond acceptors (Lipinski definition) is 1. The van der Waals surface area contributed by atoms with Crippen LogP contribution in [0.4, 0.5) is 8.78 Å². The Morgan fingerprint density at radius 3 is 2.47 bits per heavy atom. The van der Waals surface area contributed by atoms with Crippen molar-refractivity contribution in [3.63, 3.8) is 0 Å². The average molecular weight is 305 g/mol. The minimum absolute atomic E-state index is 0.0248. The van der Waals surface area contributed by atoms with Gasteiger partial charge in [-0.25, -0.2) is 13.6 Å². The van der Waals surface area contributed by atoms with E-state index in [2.05, 4.69) is 15.9 Å². The number of hydrogen-bond donors (Lipinski definition) is 1. The van der Waals surface area contributed by atoms with Crippen molar-refractivity contribution >= 4 is 21.9 Å². The summed E-state index contributed by atoms with van der Waals surface area (Å²) in [6.07, 6.45) is 2.61. The van der Waals surface area contributed by atoms with Gasteiger partial charge in [-0.1, -0.05) is 28.9 Å². The normalized spacial score (nSPS) is 12.9. The molecule has 0 amide bonds. The molecule has 1 rings (SSSR count). The molecule has 5 heteroatoms. The summed E-state index contributed by atoms with van der Waals surface area (Å²) in [6, 6.07) is 2.38. The molecular weight excluding hydrogens is 294 g/mol. The zero-order valence-corrected chi connectivity index (χ0v) is 10.7. The third-order valence-corrected chi connectivity index (χ3v) is 2.74. The van der Waals surface area contributed by atoms with Gasteiger partial charge in [-0.3, -0.25) is 0 Å². The summed E-state index contributed by atoms with van der Waals surface area (Å²) in [6.45, 7) is 1.64. The first-order chi connectivity index (χ1) is 7.91. The lowest BCUT2D eigenvalue weighted by atomic mass is 9.96. The summed E-state index contributed by atoms with van der Waals surface area (Å²) in [5.74, 6) is -2.76. The molecule has 1 N–H and O–H groups in total. The molecule has 1 unspecified atom stereocenters. The van der Waals surface area contributed by atoms with Crippen LogP contribution in [0.15, 0.2) is 28.8 Å². The topological polar surface area (TPSA) is 37.3 Å². The van der Waals surface area contributed by atoms with E-state index in [9.17, 15) is 13.6 Å². The molecular formula is C12H11BrF2O2. The molecule has 0 aliphatic rings. The van der Waals surface area contributed by atoms with Crippen LogP contribution in [0.2, 0.25) is 0 Å². The number of carboxylic acid groups (broad SMARTS) is 1. The summed E-state index contributed by atoms with van der Waals surface area (Å²) in [5.41, 5.74) is -0.0248. The molecule has 17 heavy (non-hydrogen) atoms. The van der Waals surface area contributed by atoms with Crippen molar-refractivity contribution in [3.05, 3.63) is 46.0 Å². The number of halogens is 3. The molecule has 0 heterocycles. The van der Waals surface area contributed by atoms with Crippen molar-refractivity contribution in [2.75, 3.05) is 0 Å². The van der Waals surface area contributed by atoms with Crippen LogP contribution in [0.5, 0.6) is 0 Å². The largest absolute Gasteiger partial charge is 0.478 e. The van der Waals surface area contributed by atoms with Crippen LogP contribution in [-0.4, -0.2) is 11.1 Å². The van der Waals surface area contributed by atoms with Crippen LogP contribution >= 0.6 is 15.9 Å². The Morgan fingerprint density at radius 1 is 1.47 bits per heavy atom. The van der Waals surface area contributed by atoms with Gasteiger partial charge in [0.2, 0.25) is 0 Å². The highest BCUT2D eigenvalue weighted by atomic mass is 79.9. The van der Waals surface area contributed by atoms with E-state index in [0.717, 1.165) is 6.08 Å². The first-order valence-corrected chi connectivity index (χ1v) is 5.75. The van der Waals surface area contributed by atoms with Gasteiger partial charge in [0.1, 0.15) is 11.6 Å². The second-order valence-electron chi connectivity index (χ2n) is 3.66. The molecule has 92 valence electrons. The van der Waals surface area contributed by atoms with Crippen LogP contribution < -0.4 is 0 Å². The lowest BCUT2D eigenvalue weighted by Gasteiger charge is -2.12. The Hall–Kier alpha value is -1.23. The van der Waals surface area contributed by atoms with E-state index in [4.69, 9.17) is 5.11 Å². The predicted octanol–water partition coefficient (Wildman–Crippen LogP) is 3.86. The predicted molar refractivity (Wildman–Crippen MR) is 63.9 cm³/mol. The van der Waals surface area contributed by atoms with Gasteiger partial charge in [-0.2, -0.15) is 0 Å². The smallest absolute Gasteiger partial charge is 0.327 e. The van der Waals surface area contributed by atoms with E-state index >= 15 is 0 Å². The fourth-order valence-electron chi connectivity index (χ4n) is 1.51. The number of carbonyl (C=O) groups is 1. The maximum Gasteiger partial charge on any atom is 0.327 e. The Bertz CT molecular complexity index is 435. The minimum atomic E-state index is -1.08. The number of allylic oxidation sites excluding steroid dienone is 1. The summed E-state index contributed by atoms with van der Waals surface area (Å²) < 4.78 is 27.4. The minimum Gasteiger partial charge on any atom is -0.478 e. The van der Waals surface area contributed by atoms with E-state index in [1.165, 1.54) is 18.2 Å². The van der Waals surface area contributed by atoms with E-state index in [1.807, 2.05) is 0 Å². The molecule has 0 fully saturated rings. The number of aliphatic carboxylic acids is 1. The maximum absolute atomic E-state index is 13.5. The molecule has 0 spiro atoms. The molecule has 0 bridgehead atoms. The van der Waals surface area contributed by atoms with Gasteiger partial charge >= 0.3 is 5.97 Å². The first kappa shape index (κ1) is 13.8. The fraction of sp³-hybridized carbons (Fsp3) is 0.250. The SMILES string of the molecule is CC(CC=CC(=O)O)c1c(F)cc(Br)cc1F. The Kier molecular flexibility index (Phi) is 4.81. The Labute approximate surface area is 106 Å². The van der Waals surface area contributed by atoms with E-state index in [0.29, 0.717) is 4.47 Å². The van der Waals surface area contributed by atoms with Gasteiger partial charge in [0.05, 0.1) is 0 Å². The summed E-state index contributed by atoms with van der Waals surface area (Å²) in [4.78, 5) is 10.3. The highest BCUT2D eigenvalue weighted by Gasteiger charge is 2.16. The maximum atomic E-state index is 13.5. The highest BCUT2D eigenvalue weighted by Crippen LogP contribution is 2.28. The number of carboxylic acids is 1. The van der Waals surface area contributed by atoms with Crippen molar-refractivity contribution in [1.29, 1.82) is 0 Å². The van der Waals surface area contributed by atoms with Crippen LogP contribution in [0, 0.1) is 11.6 Å². The van der Waals surface area contributed by atoms with Gasteiger partial charge < -0.3 is 5.11 Å². The molecule has 1 aromatic rings. The van der Waals surface area contributed by atoms with Crippen molar-refractivity contribution in [2.45, 2.75) is 19.3 Å². The molecule has 0 aromatic heterocycles. The third kappa shape index (κ3) is 3.93. The summed E-state index contributed by atoms with van der Waals surface area (Å²) in [7, 11) is 0. The van der Waals surface area contributed by atoms with Crippen LogP contribution in [0.3, 0.4) is 0 Å². The van der Waals surface area contributed by atoms with E-state index in [-0.39, 0.29) is 12.0 Å². The standard InChI is InChI=1S/C12H11BrF2O2/c1-7(3-2-4-11(16)17)12-9(14)5-8(13)6-10(12)15/h2,4-7H,3H2,1H3,(H,16,17). The van der Waals surface area contributed by atoms with Gasteiger partial charge in [-0.05, 0) is 24.5 Å². The molecule has 0 saturated heterocycles. The van der Waals surface area contributed by atoms with Crippen LogP contribution in [0.25, 0.3) is 0 Å². The summed E-state index contributed by atoms with van der Waals surface area (Å²) in [5, 5.41) is 8.40. The lowest BCUT2D eigenvalue weighted by Crippen LogP contribution is -2.01. The molecule has 1 atom stereocenters. The lowest BCUT2D eigenvalue weighted by molar-refractivity contribution is -0.131. The molecule has 0 radical (unpaired) electrons. The number of rotatable bonds is 4. The second kappa shape index (κ2) is 5.91. The molecule has 0 aliphatic carbocycles. The second-order valence-corrected chi connectivity index (χ2v) is 4.58. The average Bonchev–Trinajstić information content (AvgIpc) is 2.14. The van der Waals surface area contributed by atoms with Gasteiger partial charge in [0.25, 0.3) is 0 Å². The monoisotopic (exact) mass is 304 g/mol. The third-order valence-electron chi connectivity index (χ3n) is 2.29. The van der Waals surface area contributed by atoms with Crippen molar-refractivity contribution in [2.24, 2.45) is 0 Å². The fourth-order valence-corrected chi connectivity index (χ4v) is 1.92. The Morgan fingerprint density at radius 2 is 2.00 bits per heavy atom. The number of benzene rings is 1. The quantitative estimate of drug-likeness (QED) is 0.858. The van der Waals surface area contributed by atoms with Gasteiger partial charge in [0, 0.05) is 16.1 Å². The molecule has 0 saturated carbocycles. The zero-order valence-electron chi connectivity index (χ0n) is 9.08. The van der Waals surface area contributed by atoms with Crippen LogP contribution in [-0.2, 0) is 4.79 Å². The van der Waals surface area contributed by atoms with Crippen molar-refractivity contribution in [1.82, 2.24) is 0 Å². The molecule has 0 aliphatic heterocycles. The Balaban J connectivity index is 2.89. The van der Waals surface area contributed by atoms with E-state index < -0.39 is 23.5 Å². The van der Waals surface area contributed by atoms with E-state index in [1.54, 1.807) is 6.92 Å². The van der Waals surface area contributed by atoms with Crippen LogP contribution in [0.1, 0.15) is 24.8 Å². The molecule has 2 nitrogen and oxygen atoms in total. The molecule has 1 aromatic carbocycles. The van der Waals surface area contributed by atoms with Gasteiger partial charge in [0.15, 0.2) is 0 Å². The van der Waals surface area contributed by atoms with Gasteiger partial charge in [-0.15, -0.1) is 0 Å². The highest BCUT2D eigenvalue weighted by molar-refractivity contribution is 9.10. The van der Waals surface area contributed by atoms with Crippen molar-refractivity contribution < 1.29 is 18.7 Å². The summed E-state index contributed by atoms with van der Waals surface area (Å²) >= 11 is 3.00. The zero-order chi connectivity index (χ0) is 13.0.